The second-order valence-electron chi connectivity index (χ2n) is 6.43. The van der Waals surface area contributed by atoms with E-state index in [0.717, 1.165) is 11.4 Å². The number of imidazole rings is 1. The number of aromatic nitrogens is 4. The number of rotatable bonds is 4. The summed E-state index contributed by atoms with van der Waals surface area (Å²) in [6.45, 7) is 1.07. The Hall–Kier alpha value is -3.26. The Bertz CT molecular complexity index is 900. The summed E-state index contributed by atoms with van der Waals surface area (Å²) in [7, 11) is 0. The largest absolute Gasteiger partial charge is 0.389 e. The normalized spacial score (nSPS) is 19.7. The zero-order valence-corrected chi connectivity index (χ0v) is 14.6. The van der Waals surface area contributed by atoms with Gasteiger partial charge in [-0.2, -0.15) is 0 Å². The summed E-state index contributed by atoms with van der Waals surface area (Å²) >= 11 is 0. The van der Waals surface area contributed by atoms with E-state index in [1.165, 1.54) is 0 Å². The van der Waals surface area contributed by atoms with Crippen molar-refractivity contribution in [1.29, 1.82) is 0 Å². The van der Waals surface area contributed by atoms with Gasteiger partial charge in [0.25, 0.3) is 5.91 Å². The zero-order chi connectivity index (χ0) is 18.6. The Labute approximate surface area is 156 Å². The molecule has 138 valence electrons. The van der Waals surface area contributed by atoms with Crippen LogP contribution < -0.4 is 10.2 Å². The lowest BCUT2D eigenvalue weighted by atomic mass is 10.00. The van der Waals surface area contributed by atoms with Gasteiger partial charge < -0.3 is 20.3 Å². The molecule has 0 radical (unpaired) electrons. The summed E-state index contributed by atoms with van der Waals surface area (Å²) < 4.78 is 0. The van der Waals surface area contributed by atoms with Crippen LogP contribution in [-0.2, 0) is 0 Å². The predicted octanol–water partition coefficient (Wildman–Crippen LogP) is 1.24. The molecule has 3 aromatic rings. The number of amides is 1. The molecule has 3 heterocycles. The number of benzene rings is 1. The third kappa shape index (κ3) is 3.65. The van der Waals surface area contributed by atoms with E-state index in [1.807, 2.05) is 23.1 Å². The molecule has 1 amide bonds. The van der Waals surface area contributed by atoms with Crippen LogP contribution in [-0.4, -0.2) is 56.2 Å². The molecule has 27 heavy (non-hydrogen) atoms. The van der Waals surface area contributed by atoms with Gasteiger partial charge in [-0.15, -0.1) is 0 Å². The number of nitrogens with zero attached hydrogens (tertiary/aromatic N) is 4. The molecule has 1 fully saturated rings. The molecule has 4 rings (SSSR count). The average Bonchev–Trinajstić information content (AvgIpc) is 3.25. The minimum absolute atomic E-state index is 0.223. The maximum Gasteiger partial charge on any atom is 0.252 e. The van der Waals surface area contributed by atoms with Gasteiger partial charge in [0.15, 0.2) is 0 Å². The molecule has 2 atom stereocenters. The van der Waals surface area contributed by atoms with Gasteiger partial charge in [0.05, 0.1) is 23.9 Å². The van der Waals surface area contributed by atoms with E-state index in [4.69, 9.17) is 0 Å². The van der Waals surface area contributed by atoms with Crippen molar-refractivity contribution < 1.29 is 9.90 Å². The van der Waals surface area contributed by atoms with E-state index in [2.05, 4.69) is 25.3 Å². The molecular formula is C19H20N6O2. The molecule has 1 aromatic carbocycles. The lowest BCUT2D eigenvalue weighted by Crippen LogP contribution is -2.54. The summed E-state index contributed by atoms with van der Waals surface area (Å²) in [4.78, 5) is 30.4. The van der Waals surface area contributed by atoms with Crippen LogP contribution in [0.1, 0.15) is 16.8 Å². The number of aliphatic hydroxyl groups excluding tert-OH is 1. The van der Waals surface area contributed by atoms with Crippen molar-refractivity contribution in [3.8, 4) is 11.4 Å². The smallest absolute Gasteiger partial charge is 0.252 e. The molecule has 8 nitrogen and oxygen atoms in total. The standard InChI is InChI=1S/C19H20N6O2/c26-16-12-25(17-11-20-6-7-21-17)10-5-15(16)24-19(27)14-4-2-1-3-13(14)18-22-8-9-23-18/h1-4,6-9,11,15-16,26H,5,10,12H2,(H,22,23)(H,24,27)/t15-,16-/m1/s1. The molecule has 0 unspecified atom stereocenters. The van der Waals surface area contributed by atoms with Crippen LogP contribution in [0.2, 0.25) is 0 Å². The molecular weight excluding hydrogens is 344 g/mol. The first-order valence-corrected chi connectivity index (χ1v) is 8.81. The van der Waals surface area contributed by atoms with Gasteiger partial charge in [-0.3, -0.25) is 9.78 Å². The maximum atomic E-state index is 12.8. The first kappa shape index (κ1) is 17.2. The Balaban J connectivity index is 1.45. The molecule has 2 aromatic heterocycles. The number of carbonyl (C=O) groups is 1. The molecule has 1 aliphatic rings. The van der Waals surface area contributed by atoms with Gasteiger partial charge in [0.2, 0.25) is 0 Å². The maximum absolute atomic E-state index is 12.8. The second-order valence-corrected chi connectivity index (χ2v) is 6.43. The number of nitrogens with one attached hydrogen (secondary N) is 2. The van der Waals surface area contributed by atoms with Crippen LogP contribution in [0.3, 0.4) is 0 Å². The SMILES string of the molecule is O=C(N[C@@H]1CCN(c2cnccn2)C[C@H]1O)c1ccccc1-c1ncc[nH]1. The molecule has 1 aliphatic heterocycles. The highest BCUT2D eigenvalue weighted by Crippen LogP contribution is 2.21. The van der Waals surface area contributed by atoms with Gasteiger partial charge in [-0.05, 0) is 12.5 Å². The van der Waals surface area contributed by atoms with E-state index < -0.39 is 6.10 Å². The number of H-pyrrole nitrogens is 1. The Morgan fingerprint density at radius 2 is 2.11 bits per heavy atom. The number of aromatic amines is 1. The van der Waals surface area contributed by atoms with Gasteiger partial charge in [-0.1, -0.05) is 18.2 Å². The van der Waals surface area contributed by atoms with Crippen molar-refractivity contribution in [2.75, 3.05) is 18.0 Å². The Morgan fingerprint density at radius 1 is 1.22 bits per heavy atom. The summed E-state index contributed by atoms with van der Waals surface area (Å²) in [6.07, 6.45) is 8.20. The van der Waals surface area contributed by atoms with Crippen LogP contribution in [0.25, 0.3) is 11.4 Å². The van der Waals surface area contributed by atoms with E-state index in [-0.39, 0.29) is 11.9 Å². The molecule has 8 heteroatoms. The molecule has 1 saturated heterocycles. The number of aliphatic hydroxyl groups is 1. The monoisotopic (exact) mass is 364 g/mol. The van der Waals surface area contributed by atoms with Crippen LogP contribution in [0.4, 0.5) is 5.82 Å². The minimum atomic E-state index is -0.694. The topological polar surface area (TPSA) is 107 Å². The fourth-order valence-corrected chi connectivity index (χ4v) is 3.31. The minimum Gasteiger partial charge on any atom is -0.389 e. The highest BCUT2D eigenvalue weighted by atomic mass is 16.3. The van der Waals surface area contributed by atoms with Crippen molar-refractivity contribution >= 4 is 11.7 Å². The van der Waals surface area contributed by atoms with Crippen LogP contribution in [0, 0.1) is 0 Å². The van der Waals surface area contributed by atoms with Crippen LogP contribution in [0.5, 0.6) is 0 Å². The van der Waals surface area contributed by atoms with Gasteiger partial charge >= 0.3 is 0 Å². The second kappa shape index (κ2) is 7.55. The third-order valence-corrected chi connectivity index (χ3v) is 4.70. The number of β-amino-alcohol motifs (C(OH)–C–C–N with tert-alkyl or cyclic N) is 1. The average molecular weight is 364 g/mol. The highest BCUT2D eigenvalue weighted by molar-refractivity contribution is 6.00. The summed E-state index contributed by atoms with van der Waals surface area (Å²) in [5.74, 6) is 1.14. The quantitative estimate of drug-likeness (QED) is 0.643. The van der Waals surface area contributed by atoms with Crippen molar-refractivity contribution in [3.63, 3.8) is 0 Å². The lowest BCUT2D eigenvalue weighted by Gasteiger charge is -2.36. The van der Waals surface area contributed by atoms with Crippen molar-refractivity contribution in [3.05, 3.63) is 60.8 Å². The fraction of sp³-hybridized carbons (Fsp3) is 0.263. The first-order chi connectivity index (χ1) is 13.2. The Kier molecular flexibility index (Phi) is 4.80. The predicted molar refractivity (Wildman–Crippen MR) is 100 cm³/mol. The van der Waals surface area contributed by atoms with E-state index >= 15 is 0 Å². The summed E-state index contributed by atoms with van der Waals surface area (Å²) in [5.41, 5.74) is 1.25. The summed E-state index contributed by atoms with van der Waals surface area (Å²) in [5, 5.41) is 13.5. The number of hydrogen-bond donors (Lipinski definition) is 3. The highest BCUT2D eigenvalue weighted by Gasteiger charge is 2.30. The molecule has 0 bridgehead atoms. The third-order valence-electron chi connectivity index (χ3n) is 4.70. The molecule has 0 saturated carbocycles. The zero-order valence-electron chi connectivity index (χ0n) is 14.6. The molecule has 3 N–H and O–H groups in total. The van der Waals surface area contributed by atoms with E-state index in [1.54, 1.807) is 37.1 Å². The van der Waals surface area contributed by atoms with Crippen molar-refractivity contribution in [2.24, 2.45) is 0 Å². The number of carbonyl (C=O) groups excluding carboxylic acids is 1. The number of hydrogen-bond acceptors (Lipinski definition) is 6. The van der Waals surface area contributed by atoms with Crippen molar-refractivity contribution in [2.45, 2.75) is 18.6 Å². The number of piperidine rings is 1. The van der Waals surface area contributed by atoms with E-state index in [9.17, 15) is 9.90 Å². The van der Waals surface area contributed by atoms with Crippen LogP contribution in [0.15, 0.2) is 55.2 Å². The first-order valence-electron chi connectivity index (χ1n) is 8.81. The number of anilines is 1. The lowest BCUT2D eigenvalue weighted by molar-refractivity contribution is 0.0798. The van der Waals surface area contributed by atoms with Gasteiger partial charge in [-0.25, -0.2) is 9.97 Å². The van der Waals surface area contributed by atoms with Crippen LogP contribution >= 0.6 is 0 Å². The Morgan fingerprint density at radius 3 is 2.85 bits per heavy atom. The van der Waals surface area contributed by atoms with Crippen molar-refractivity contribution in [1.82, 2.24) is 25.3 Å². The molecule has 0 aliphatic carbocycles. The summed E-state index contributed by atoms with van der Waals surface area (Å²) in [6, 6.07) is 6.96. The van der Waals surface area contributed by atoms with Gasteiger partial charge in [0.1, 0.15) is 11.6 Å². The van der Waals surface area contributed by atoms with Gasteiger partial charge in [0, 0.05) is 43.4 Å². The van der Waals surface area contributed by atoms with E-state index in [0.29, 0.717) is 30.9 Å². The fourth-order valence-electron chi connectivity index (χ4n) is 3.31. The molecule has 0 spiro atoms.